The van der Waals surface area contributed by atoms with Gasteiger partial charge in [-0.3, -0.25) is 4.79 Å². The summed E-state index contributed by atoms with van der Waals surface area (Å²) in [4.78, 5) is 55.0. The highest BCUT2D eigenvalue weighted by atomic mass is 16.7. The molecule has 0 spiro atoms. The van der Waals surface area contributed by atoms with Crippen LogP contribution in [0, 0.1) is 0 Å². The van der Waals surface area contributed by atoms with Gasteiger partial charge in [-0.1, -0.05) is 200 Å². The van der Waals surface area contributed by atoms with Crippen molar-refractivity contribution < 1.29 is 57.1 Å². The lowest BCUT2D eigenvalue weighted by molar-refractivity contribution is -0.315. The largest absolute Gasteiger partial charge is 0.467 e. The Bertz CT molecular complexity index is 3020. The molecule has 1 saturated heterocycles. The maximum Gasteiger partial charge on any atom is 0.409 e. The molecule has 1 aliphatic carbocycles. The smallest absolute Gasteiger partial charge is 0.409 e. The molecular formula is C66H69N3O12. The van der Waals surface area contributed by atoms with Gasteiger partial charge < -0.3 is 53.8 Å². The topological polar surface area (TPSA) is 178 Å². The van der Waals surface area contributed by atoms with Crippen LogP contribution in [-0.4, -0.2) is 93.7 Å². The number of hydrogen-bond donors (Lipinski definition) is 3. The molecule has 15 nitrogen and oxygen atoms in total. The molecule has 9 rings (SSSR count). The summed E-state index contributed by atoms with van der Waals surface area (Å²) in [5, 5.41) is 8.44. The van der Waals surface area contributed by atoms with E-state index in [0.29, 0.717) is 19.4 Å². The third kappa shape index (κ3) is 16.5. The molecule has 1 heterocycles. The molecule has 2 aliphatic rings. The number of fused-ring (bicyclic) bond motifs is 3. The third-order valence-corrected chi connectivity index (χ3v) is 14.3. The van der Waals surface area contributed by atoms with Gasteiger partial charge in [-0.05, 0) is 69.3 Å². The van der Waals surface area contributed by atoms with Crippen molar-refractivity contribution in [3.05, 3.63) is 239 Å². The number of unbranched alkanes of at least 4 members (excludes halogenated alkanes) is 1. The average molecular weight is 1100 g/mol. The predicted molar refractivity (Wildman–Crippen MR) is 304 cm³/mol. The van der Waals surface area contributed by atoms with Crippen LogP contribution in [0.15, 0.2) is 200 Å². The second-order valence-corrected chi connectivity index (χ2v) is 20.0. The molecule has 81 heavy (non-hydrogen) atoms. The molecule has 3 amide bonds. The summed E-state index contributed by atoms with van der Waals surface area (Å²) in [6.45, 7) is 1.10. The first-order valence-corrected chi connectivity index (χ1v) is 27.5. The minimum atomic E-state index is -1.29. The molecule has 0 unspecified atom stereocenters. The standard InChI is InChI=1S/C66H69N3O12/c1-74-63(71)57(39-46-23-7-2-8-24-46)68-62(70)56(69-66(73)79-44-55-53-35-19-17-33-51(53)52-34-18-20-36-54(52)55)37-21-22-38-67-65(72)81-64-61(78-43-50-31-15-6-16-32-50)60(77-42-49-29-13-5-14-30-49)59(76-41-48-27-11-4-12-28-48)58(80-64)45-75-40-47-25-9-3-10-26-47/h2-20,23-36,55-61,64H,21-22,37-45H2,1H3,(H,67,72)(H,68,70)(H,69,73)/t56-,57-,58+,59+,60-,61-,64+/m0/s1. The average Bonchev–Trinajstić information content (AvgIpc) is 4.11. The lowest BCUT2D eigenvalue weighted by atomic mass is 9.97. The fourth-order valence-corrected chi connectivity index (χ4v) is 10.2. The van der Waals surface area contributed by atoms with E-state index in [9.17, 15) is 19.2 Å². The van der Waals surface area contributed by atoms with E-state index in [1.807, 2.05) is 188 Å². The zero-order valence-electron chi connectivity index (χ0n) is 45.3. The summed E-state index contributed by atoms with van der Waals surface area (Å²) in [5.74, 6) is -1.45. The minimum absolute atomic E-state index is 0.0324. The van der Waals surface area contributed by atoms with Crippen LogP contribution in [0.2, 0.25) is 0 Å². The van der Waals surface area contributed by atoms with Crippen molar-refractivity contribution in [3.63, 3.8) is 0 Å². The number of esters is 1. The number of nitrogens with one attached hydrogen (secondary N) is 3. The summed E-state index contributed by atoms with van der Waals surface area (Å²) < 4.78 is 50.4. The maximum absolute atomic E-state index is 14.2. The molecule has 0 aromatic heterocycles. The Labute approximate surface area is 473 Å². The second-order valence-electron chi connectivity index (χ2n) is 20.0. The minimum Gasteiger partial charge on any atom is -0.467 e. The van der Waals surface area contributed by atoms with Crippen LogP contribution < -0.4 is 16.0 Å². The Balaban J connectivity index is 0.885. The number of benzene rings is 7. The highest BCUT2D eigenvalue weighted by Crippen LogP contribution is 2.44. The maximum atomic E-state index is 14.2. The van der Waals surface area contributed by atoms with E-state index in [0.717, 1.165) is 50.1 Å². The number of alkyl carbamates (subject to hydrolysis) is 2. The van der Waals surface area contributed by atoms with Gasteiger partial charge in [-0.2, -0.15) is 0 Å². The molecule has 7 aromatic rings. The Morgan fingerprint density at radius 3 is 1.52 bits per heavy atom. The van der Waals surface area contributed by atoms with Gasteiger partial charge in [0.15, 0.2) is 0 Å². The monoisotopic (exact) mass is 1100 g/mol. The Kier molecular flexibility index (Phi) is 21.2. The molecular weight excluding hydrogens is 1030 g/mol. The molecule has 420 valence electrons. The van der Waals surface area contributed by atoms with E-state index < -0.39 is 66.9 Å². The first kappa shape index (κ1) is 57.5. The summed E-state index contributed by atoms with van der Waals surface area (Å²) in [6.07, 6.45) is -5.20. The van der Waals surface area contributed by atoms with E-state index in [1.54, 1.807) is 0 Å². The molecule has 0 saturated carbocycles. The van der Waals surface area contributed by atoms with Crippen LogP contribution >= 0.6 is 0 Å². The highest BCUT2D eigenvalue weighted by Gasteiger charge is 2.50. The molecule has 1 fully saturated rings. The lowest BCUT2D eigenvalue weighted by Gasteiger charge is -2.45. The Morgan fingerprint density at radius 1 is 0.494 bits per heavy atom. The van der Waals surface area contributed by atoms with Crippen LogP contribution in [0.4, 0.5) is 9.59 Å². The van der Waals surface area contributed by atoms with Crippen LogP contribution in [0.5, 0.6) is 0 Å². The number of methoxy groups -OCH3 is 1. The van der Waals surface area contributed by atoms with E-state index in [4.69, 9.17) is 37.9 Å². The van der Waals surface area contributed by atoms with Gasteiger partial charge >= 0.3 is 18.2 Å². The number of rotatable bonds is 27. The van der Waals surface area contributed by atoms with Gasteiger partial charge in [0.05, 0.1) is 40.1 Å². The highest BCUT2D eigenvalue weighted by molar-refractivity contribution is 5.90. The van der Waals surface area contributed by atoms with Gasteiger partial charge in [-0.15, -0.1) is 0 Å². The Morgan fingerprint density at radius 2 is 0.975 bits per heavy atom. The van der Waals surface area contributed by atoms with Crippen molar-refractivity contribution in [3.8, 4) is 11.1 Å². The van der Waals surface area contributed by atoms with Gasteiger partial charge in [0, 0.05) is 18.9 Å². The zero-order valence-corrected chi connectivity index (χ0v) is 45.3. The van der Waals surface area contributed by atoms with Crippen molar-refractivity contribution >= 4 is 24.1 Å². The van der Waals surface area contributed by atoms with E-state index in [2.05, 4.69) is 28.1 Å². The number of carbonyl (C=O) groups excluding carboxylic acids is 4. The first-order chi connectivity index (χ1) is 39.8. The lowest BCUT2D eigenvalue weighted by Crippen LogP contribution is -2.62. The molecule has 7 aromatic carbocycles. The number of hydrogen-bond acceptors (Lipinski definition) is 12. The SMILES string of the molecule is COC(=O)[C@H](Cc1ccccc1)NC(=O)[C@H](CCCCNC(=O)O[C@H]1O[C@H](COCc2ccccc2)[C@@H](OCc2ccccc2)[C@H](OCc2ccccc2)[C@@H]1OCc1ccccc1)NC(=O)OCC1c2ccccc2-c2ccccc21. The quantitative estimate of drug-likeness (QED) is 0.0253. The fourth-order valence-electron chi connectivity index (χ4n) is 10.2. The molecule has 0 bridgehead atoms. The van der Waals surface area contributed by atoms with Gasteiger partial charge in [0.25, 0.3) is 0 Å². The summed E-state index contributed by atoms with van der Waals surface area (Å²) >= 11 is 0. The van der Waals surface area contributed by atoms with Crippen molar-refractivity contribution in [2.24, 2.45) is 0 Å². The molecule has 0 radical (unpaired) electrons. The zero-order chi connectivity index (χ0) is 56.0. The van der Waals surface area contributed by atoms with Crippen molar-refractivity contribution in [2.45, 2.75) is 101 Å². The van der Waals surface area contributed by atoms with Gasteiger partial charge in [0.2, 0.25) is 12.2 Å². The third-order valence-electron chi connectivity index (χ3n) is 14.3. The van der Waals surface area contributed by atoms with Crippen molar-refractivity contribution in [1.82, 2.24) is 16.0 Å². The summed E-state index contributed by atoms with van der Waals surface area (Å²) in [7, 11) is 1.26. The van der Waals surface area contributed by atoms with Crippen LogP contribution in [0.3, 0.4) is 0 Å². The second kappa shape index (κ2) is 29.9. The van der Waals surface area contributed by atoms with Crippen LogP contribution in [0.1, 0.15) is 64.1 Å². The van der Waals surface area contributed by atoms with Crippen LogP contribution in [0.25, 0.3) is 11.1 Å². The molecule has 1 aliphatic heterocycles. The van der Waals surface area contributed by atoms with E-state index in [-0.39, 0.29) is 58.3 Å². The number of amides is 3. The van der Waals surface area contributed by atoms with Crippen molar-refractivity contribution in [2.75, 3.05) is 26.9 Å². The van der Waals surface area contributed by atoms with Gasteiger partial charge in [-0.25, -0.2) is 14.4 Å². The normalized spacial score (nSPS) is 18.1. The van der Waals surface area contributed by atoms with Gasteiger partial charge in [0.1, 0.15) is 43.1 Å². The van der Waals surface area contributed by atoms with E-state index in [1.165, 1.54) is 7.11 Å². The first-order valence-electron chi connectivity index (χ1n) is 27.5. The Hall–Kier alpha value is -8.18. The predicted octanol–water partition coefficient (Wildman–Crippen LogP) is 10.4. The summed E-state index contributed by atoms with van der Waals surface area (Å²) in [5.41, 5.74) is 8.76. The number of ether oxygens (including phenoxy) is 8. The van der Waals surface area contributed by atoms with E-state index >= 15 is 0 Å². The fraction of sp³-hybridized carbons (Fsp3) is 0.303. The molecule has 15 heteroatoms. The van der Waals surface area contributed by atoms with Crippen molar-refractivity contribution in [1.29, 1.82) is 0 Å². The summed E-state index contributed by atoms with van der Waals surface area (Å²) in [6, 6.07) is 62.1. The molecule has 7 atom stereocenters. The number of carbonyl (C=O) groups is 4. The van der Waals surface area contributed by atoms with Crippen LogP contribution in [-0.2, 0) is 80.3 Å². The molecule has 3 N–H and O–H groups in total.